The average molecular weight is 291 g/mol. The summed E-state index contributed by atoms with van der Waals surface area (Å²) in [5.41, 5.74) is 2.62. The molecule has 0 aromatic heterocycles. The van der Waals surface area contributed by atoms with Crippen molar-refractivity contribution in [2.75, 3.05) is 25.0 Å². The van der Waals surface area contributed by atoms with Gasteiger partial charge in [0.05, 0.1) is 6.54 Å². The molecule has 1 aromatic rings. The summed E-state index contributed by atoms with van der Waals surface area (Å²) in [6.07, 6.45) is 1.94. The molecule has 112 valence electrons. The number of carboxylic acids is 1. The fraction of sp³-hybridized carbons (Fsp3) is 0.357. The third-order valence-corrected chi connectivity index (χ3v) is 3.15. The molecule has 0 atom stereocenters. The number of anilines is 1. The van der Waals surface area contributed by atoms with Gasteiger partial charge in [0.15, 0.2) is 0 Å². The number of fused-ring (bicyclic) bond motifs is 1. The maximum absolute atomic E-state index is 11.9. The lowest BCUT2D eigenvalue weighted by atomic mass is 10.0. The Kier molecular flexibility index (Phi) is 4.76. The van der Waals surface area contributed by atoms with Gasteiger partial charge in [-0.2, -0.15) is 0 Å². The zero-order valence-electron chi connectivity index (χ0n) is 11.4. The van der Waals surface area contributed by atoms with Gasteiger partial charge in [0.2, 0.25) is 5.91 Å². The minimum Gasteiger partial charge on any atom is -0.480 e. The van der Waals surface area contributed by atoms with Crippen molar-refractivity contribution in [2.24, 2.45) is 0 Å². The SMILES string of the molecule is O=C(O)CNC(=O)CNC(=O)c1ccc2c(c1)CCCN2. The number of amides is 2. The fourth-order valence-corrected chi connectivity index (χ4v) is 2.12. The minimum atomic E-state index is -1.13. The quantitative estimate of drug-likeness (QED) is 0.609. The molecule has 1 heterocycles. The van der Waals surface area contributed by atoms with Crippen LogP contribution < -0.4 is 16.0 Å². The molecule has 0 unspecified atom stereocenters. The Morgan fingerprint density at radius 3 is 2.76 bits per heavy atom. The molecule has 1 aromatic carbocycles. The van der Waals surface area contributed by atoms with E-state index in [1.54, 1.807) is 6.07 Å². The highest BCUT2D eigenvalue weighted by atomic mass is 16.4. The summed E-state index contributed by atoms with van der Waals surface area (Å²) in [5.74, 6) is -2.02. The van der Waals surface area contributed by atoms with Gasteiger partial charge in [0.1, 0.15) is 6.54 Å². The van der Waals surface area contributed by atoms with Crippen LogP contribution in [-0.2, 0) is 16.0 Å². The molecule has 2 amide bonds. The predicted molar refractivity (Wildman–Crippen MR) is 76.2 cm³/mol. The number of carboxylic acid groups (broad SMARTS) is 1. The molecule has 0 spiro atoms. The first-order valence-corrected chi connectivity index (χ1v) is 6.70. The Morgan fingerprint density at radius 2 is 2.00 bits per heavy atom. The van der Waals surface area contributed by atoms with E-state index in [4.69, 9.17) is 5.11 Å². The van der Waals surface area contributed by atoms with Crippen molar-refractivity contribution < 1.29 is 19.5 Å². The van der Waals surface area contributed by atoms with Gasteiger partial charge in [0, 0.05) is 17.8 Å². The monoisotopic (exact) mass is 291 g/mol. The lowest BCUT2D eigenvalue weighted by molar-refractivity contribution is -0.137. The number of carbonyl (C=O) groups is 3. The zero-order chi connectivity index (χ0) is 15.2. The molecule has 21 heavy (non-hydrogen) atoms. The van der Waals surface area contributed by atoms with E-state index in [-0.39, 0.29) is 12.5 Å². The van der Waals surface area contributed by atoms with E-state index in [9.17, 15) is 14.4 Å². The van der Waals surface area contributed by atoms with Crippen molar-refractivity contribution in [1.29, 1.82) is 0 Å². The number of benzene rings is 1. The Bertz CT molecular complexity index is 571. The van der Waals surface area contributed by atoms with Crippen LogP contribution in [0.2, 0.25) is 0 Å². The van der Waals surface area contributed by atoms with E-state index >= 15 is 0 Å². The van der Waals surface area contributed by atoms with Gasteiger partial charge in [-0.25, -0.2) is 0 Å². The number of aliphatic carboxylic acids is 1. The molecule has 0 radical (unpaired) electrons. The van der Waals surface area contributed by atoms with E-state index in [0.29, 0.717) is 5.56 Å². The smallest absolute Gasteiger partial charge is 0.322 e. The normalized spacial score (nSPS) is 12.8. The molecular weight excluding hydrogens is 274 g/mol. The molecule has 0 aliphatic carbocycles. The van der Waals surface area contributed by atoms with Crippen LogP contribution in [0.4, 0.5) is 5.69 Å². The maximum Gasteiger partial charge on any atom is 0.322 e. The van der Waals surface area contributed by atoms with Crippen molar-refractivity contribution in [1.82, 2.24) is 10.6 Å². The van der Waals surface area contributed by atoms with Crippen LogP contribution in [0.3, 0.4) is 0 Å². The van der Waals surface area contributed by atoms with E-state index < -0.39 is 18.4 Å². The number of nitrogens with one attached hydrogen (secondary N) is 3. The molecular formula is C14H17N3O4. The summed E-state index contributed by atoms with van der Waals surface area (Å²) in [6, 6.07) is 5.36. The Hall–Kier alpha value is -2.57. The second-order valence-electron chi connectivity index (χ2n) is 4.76. The van der Waals surface area contributed by atoms with Crippen molar-refractivity contribution >= 4 is 23.5 Å². The summed E-state index contributed by atoms with van der Waals surface area (Å²) in [5, 5.41) is 16.3. The number of rotatable bonds is 5. The Balaban J connectivity index is 1.88. The number of hydrogen-bond acceptors (Lipinski definition) is 4. The van der Waals surface area contributed by atoms with E-state index in [0.717, 1.165) is 30.6 Å². The van der Waals surface area contributed by atoms with Gasteiger partial charge in [0.25, 0.3) is 5.91 Å². The second-order valence-corrected chi connectivity index (χ2v) is 4.76. The fourth-order valence-electron chi connectivity index (χ4n) is 2.12. The second kappa shape index (κ2) is 6.74. The molecule has 0 saturated carbocycles. The van der Waals surface area contributed by atoms with Crippen LogP contribution in [0, 0.1) is 0 Å². The summed E-state index contributed by atoms with van der Waals surface area (Å²) in [6.45, 7) is 0.225. The van der Waals surface area contributed by atoms with Gasteiger partial charge in [-0.3, -0.25) is 14.4 Å². The predicted octanol–water partition coefficient (Wildman–Crippen LogP) is -0.0247. The number of carbonyl (C=O) groups excluding carboxylic acids is 2. The number of aryl methyl sites for hydroxylation is 1. The highest BCUT2D eigenvalue weighted by Crippen LogP contribution is 2.22. The van der Waals surface area contributed by atoms with Crippen LogP contribution >= 0.6 is 0 Å². The molecule has 7 nitrogen and oxygen atoms in total. The van der Waals surface area contributed by atoms with Crippen LogP contribution in [-0.4, -0.2) is 42.5 Å². The van der Waals surface area contributed by atoms with Crippen LogP contribution in [0.1, 0.15) is 22.3 Å². The van der Waals surface area contributed by atoms with Crippen molar-refractivity contribution in [3.05, 3.63) is 29.3 Å². The van der Waals surface area contributed by atoms with Gasteiger partial charge >= 0.3 is 5.97 Å². The summed E-state index contributed by atoms with van der Waals surface area (Å²) in [7, 11) is 0. The van der Waals surface area contributed by atoms with Gasteiger partial charge in [-0.05, 0) is 36.6 Å². The Morgan fingerprint density at radius 1 is 1.19 bits per heavy atom. The van der Waals surface area contributed by atoms with E-state index in [2.05, 4.69) is 16.0 Å². The largest absolute Gasteiger partial charge is 0.480 e. The van der Waals surface area contributed by atoms with E-state index in [1.165, 1.54) is 0 Å². The molecule has 7 heteroatoms. The highest BCUT2D eigenvalue weighted by Gasteiger charge is 2.13. The lowest BCUT2D eigenvalue weighted by Gasteiger charge is -2.18. The third-order valence-electron chi connectivity index (χ3n) is 3.15. The lowest BCUT2D eigenvalue weighted by Crippen LogP contribution is -2.39. The minimum absolute atomic E-state index is 0.249. The summed E-state index contributed by atoms with van der Waals surface area (Å²) >= 11 is 0. The van der Waals surface area contributed by atoms with Crippen LogP contribution in [0.15, 0.2) is 18.2 Å². The van der Waals surface area contributed by atoms with Crippen LogP contribution in [0.25, 0.3) is 0 Å². The number of hydrogen-bond donors (Lipinski definition) is 4. The molecule has 2 rings (SSSR count). The highest BCUT2D eigenvalue weighted by molar-refractivity contribution is 5.97. The van der Waals surface area contributed by atoms with Crippen molar-refractivity contribution in [3.8, 4) is 0 Å². The van der Waals surface area contributed by atoms with Gasteiger partial charge in [-0.15, -0.1) is 0 Å². The molecule has 0 fully saturated rings. The molecule has 0 saturated heterocycles. The Labute approximate surface area is 121 Å². The van der Waals surface area contributed by atoms with Gasteiger partial charge < -0.3 is 21.1 Å². The van der Waals surface area contributed by atoms with Gasteiger partial charge in [-0.1, -0.05) is 0 Å². The molecule has 4 N–H and O–H groups in total. The first-order chi connectivity index (χ1) is 10.1. The summed E-state index contributed by atoms with van der Waals surface area (Å²) < 4.78 is 0. The standard InChI is InChI=1S/C14H17N3O4/c18-12(16-8-13(19)20)7-17-14(21)10-3-4-11-9(6-10)2-1-5-15-11/h3-4,6,15H,1-2,5,7-8H2,(H,16,18)(H,17,21)(H,19,20). The topological polar surface area (TPSA) is 108 Å². The third kappa shape index (κ3) is 4.20. The zero-order valence-corrected chi connectivity index (χ0v) is 11.4. The maximum atomic E-state index is 11.9. The first kappa shape index (κ1) is 14.8. The van der Waals surface area contributed by atoms with Crippen molar-refractivity contribution in [2.45, 2.75) is 12.8 Å². The molecule has 1 aliphatic rings. The molecule has 1 aliphatic heterocycles. The summed E-state index contributed by atoms with van der Waals surface area (Å²) in [4.78, 5) is 33.6. The van der Waals surface area contributed by atoms with Crippen molar-refractivity contribution in [3.63, 3.8) is 0 Å². The van der Waals surface area contributed by atoms with Crippen LogP contribution in [0.5, 0.6) is 0 Å². The first-order valence-electron chi connectivity index (χ1n) is 6.70. The van der Waals surface area contributed by atoms with E-state index in [1.807, 2.05) is 12.1 Å². The average Bonchev–Trinajstić information content (AvgIpc) is 2.50. The molecule has 0 bridgehead atoms.